The Morgan fingerprint density at radius 1 is 1.19 bits per heavy atom. The van der Waals surface area contributed by atoms with Crippen LogP contribution < -0.4 is 10.6 Å². The maximum atomic E-state index is 13.4. The molecule has 1 aliphatic rings. The molecule has 0 spiro atoms. The summed E-state index contributed by atoms with van der Waals surface area (Å²) in [6.07, 6.45) is 1.36. The third kappa shape index (κ3) is 4.11. The SMILES string of the molecule is O=C(O)CC(NC(=O)Nc1cc(F)c(F)cc1F)C1CC1. The molecule has 0 aromatic heterocycles. The van der Waals surface area contributed by atoms with Gasteiger partial charge >= 0.3 is 12.0 Å². The van der Waals surface area contributed by atoms with Crippen LogP contribution in [0.4, 0.5) is 23.7 Å². The van der Waals surface area contributed by atoms with Crippen molar-refractivity contribution < 1.29 is 27.9 Å². The zero-order chi connectivity index (χ0) is 15.6. The zero-order valence-electron chi connectivity index (χ0n) is 10.8. The predicted octanol–water partition coefficient (Wildman–Crippen LogP) is 2.48. The third-order valence-electron chi connectivity index (χ3n) is 3.16. The molecule has 5 nitrogen and oxygen atoms in total. The third-order valence-corrected chi connectivity index (χ3v) is 3.16. The molecular weight excluding hydrogens is 289 g/mol. The lowest BCUT2D eigenvalue weighted by Crippen LogP contribution is -2.40. The van der Waals surface area contributed by atoms with Gasteiger partial charge in [0.15, 0.2) is 11.6 Å². The Morgan fingerprint density at radius 2 is 1.81 bits per heavy atom. The number of carboxylic acids is 1. The molecule has 1 saturated carbocycles. The van der Waals surface area contributed by atoms with Gasteiger partial charge in [0.25, 0.3) is 0 Å². The molecule has 114 valence electrons. The van der Waals surface area contributed by atoms with E-state index in [1.165, 1.54) is 0 Å². The molecule has 8 heteroatoms. The first kappa shape index (κ1) is 15.1. The summed E-state index contributed by atoms with van der Waals surface area (Å²) in [6, 6.07) is -0.595. The van der Waals surface area contributed by atoms with Crippen LogP contribution in [0, 0.1) is 23.4 Å². The van der Waals surface area contributed by atoms with Crippen molar-refractivity contribution in [2.24, 2.45) is 5.92 Å². The van der Waals surface area contributed by atoms with Crippen molar-refractivity contribution in [1.82, 2.24) is 5.32 Å². The molecule has 0 saturated heterocycles. The lowest BCUT2D eigenvalue weighted by atomic mass is 10.1. The Morgan fingerprint density at radius 3 is 2.38 bits per heavy atom. The summed E-state index contributed by atoms with van der Waals surface area (Å²) in [4.78, 5) is 22.4. The number of aliphatic carboxylic acids is 1. The van der Waals surface area contributed by atoms with E-state index in [4.69, 9.17) is 5.11 Å². The number of nitrogens with one attached hydrogen (secondary N) is 2. The van der Waals surface area contributed by atoms with E-state index in [0.717, 1.165) is 12.8 Å². The zero-order valence-corrected chi connectivity index (χ0v) is 10.8. The molecule has 0 bridgehead atoms. The highest BCUT2D eigenvalue weighted by molar-refractivity contribution is 5.89. The van der Waals surface area contributed by atoms with E-state index >= 15 is 0 Å². The van der Waals surface area contributed by atoms with E-state index in [2.05, 4.69) is 5.32 Å². The average molecular weight is 302 g/mol. The number of urea groups is 1. The van der Waals surface area contributed by atoms with Crippen molar-refractivity contribution in [2.45, 2.75) is 25.3 Å². The van der Waals surface area contributed by atoms with Crippen LogP contribution in [0.15, 0.2) is 12.1 Å². The molecule has 2 amide bonds. The number of halogens is 3. The molecule has 0 radical (unpaired) electrons. The van der Waals surface area contributed by atoms with Crippen molar-refractivity contribution in [3.63, 3.8) is 0 Å². The fraction of sp³-hybridized carbons (Fsp3) is 0.385. The van der Waals surface area contributed by atoms with Crippen LogP contribution >= 0.6 is 0 Å². The fourth-order valence-electron chi connectivity index (χ4n) is 1.97. The molecule has 3 N–H and O–H groups in total. The van der Waals surface area contributed by atoms with Gasteiger partial charge in [-0.05, 0) is 18.8 Å². The van der Waals surface area contributed by atoms with Gasteiger partial charge in [-0.25, -0.2) is 18.0 Å². The van der Waals surface area contributed by atoms with Gasteiger partial charge < -0.3 is 15.7 Å². The van der Waals surface area contributed by atoms with Gasteiger partial charge in [-0.15, -0.1) is 0 Å². The second kappa shape index (κ2) is 6.02. The highest BCUT2D eigenvalue weighted by Gasteiger charge is 2.33. The van der Waals surface area contributed by atoms with Crippen LogP contribution in [-0.2, 0) is 4.79 Å². The van der Waals surface area contributed by atoms with Crippen LogP contribution in [0.2, 0.25) is 0 Å². The summed E-state index contributed by atoms with van der Waals surface area (Å²) in [5.74, 6) is -4.77. The van der Waals surface area contributed by atoms with Crippen molar-refractivity contribution in [3.05, 3.63) is 29.6 Å². The van der Waals surface area contributed by atoms with Crippen LogP contribution in [0.5, 0.6) is 0 Å². The van der Waals surface area contributed by atoms with Gasteiger partial charge in [-0.2, -0.15) is 0 Å². The van der Waals surface area contributed by atoms with Gasteiger partial charge in [-0.1, -0.05) is 0 Å². The molecule has 1 unspecified atom stereocenters. The predicted molar refractivity (Wildman–Crippen MR) is 67.2 cm³/mol. The summed E-state index contributed by atoms with van der Waals surface area (Å²) in [5, 5.41) is 13.2. The number of carbonyl (C=O) groups excluding carboxylic acids is 1. The van der Waals surface area contributed by atoms with Gasteiger partial charge in [0.2, 0.25) is 0 Å². The highest BCUT2D eigenvalue weighted by atomic mass is 19.2. The molecule has 0 aliphatic heterocycles. The number of amides is 2. The molecule has 2 rings (SSSR count). The minimum absolute atomic E-state index is 0.0710. The lowest BCUT2D eigenvalue weighted by Gasteiger charge is -2.17. The Labute approximate surface area is 118 Å². The number of benzene rings is 1. The molecule has 1 fully saturated rings. The van der Waals surface area contributed by atoms with Crippen molar-refractivity contribution in [3.8, 4) is 0 Å². The summed E-state index contributed by atoms with van der Waals surface area (Å²) in [6.45, 7) is 0. The van der Waals surface area contributed by atoms with E-state index in [-0.39, 0.29) is 12.3 Å². The van der Waals surface area contributed by atoms with E-state index in [1.807, 2.05) is 5.32 Å². The molecule has 1 aromatic carbocycles. The first-order valence-electron chi connectivity index (χ1n) is 6.30. The van der Waals surface area contributed by atoms with E-state index < -0.39 is 41.2 Å². The minimum Gasteiger partial charge on any atom is -0.481 e. The quantitative estimate of drug-likeness (QED) is 0.731. The lowest BCUT2D eigenvalue weighted by molar-refractivity contribution is -0.137. The van der Waals surface area contributed by atoms with Gasteiger partial charge in [0.1, 0.15) is 5.82 Å². The maximum absolute atomic E-state index is 13.4. The van der Waals surface area contributed by atoms with Gasteiger partial charge in [-0.3, -0.25) is 4.79 Å². The monoisotopic (exact) mass is 302 g/mol. The molecule has 1 aromatic rings. The number of carbonyl (C=O) groups is 2. The average Bonchev–Trinajstić information content (AvgIpc) is 3.18. The first-order valence-corrected chi connectivity index (χ1v) is 6.30. The van der Waals surface area contributed by atoms with Gasteiger partial charge in [0.05, 0.1) is 12.1 Å². The normalized spacial score (nSPS) is 15.4. The number of hydrogen-bond acceptors (Lipinski definition) is 2. The summed E-state index contributed by atoms with van der Waals surface area (Å²) in [5.41, 5.74) is -0.517. The van der Waals surface area contributed by atoms with Crippen LogP contribution in [-0.4, -0.2) is 23.1 Å². The molecule has 1 atom stereocenters. The Balaban J connectivity index is 2.00. The first-order chi connectivity index (χ1) is 9.86. The summed E-state index contributed by atoms with van der Waals surface area (Å²) >= 11 is 0. The highest BCUT2D eigenvalue weighted by Crippen LogP contribution is 2.34. The van der Waals surface area contributed by atoms with Crippen LogP contribution in [0.25, 0.3) is 0 Å². The second-order valence-electron chi connectivity index (χ2n) is 4.89. The summed E-state index contributed by atoms with van der Waals surface area (Å²) < 4.78 is 39.1. The molecule has 0 heterocycles. The largest absolute Gasteiger partial charge is 0.481 e. The minimum atomic E-state index is -1.36. The maximum Gasteiger partial charge on any atom is 0.319 e. The Bertz CT molecular complexity index is 576. The van der Waals surface area contributed by atoms with Crippen molar-refractivity contribution in [1.29, 1.82) is 0 Å². The topological polar surface area (TPSA) is 78.4 Å². The van der Waals surface area contributed by atoms with E-state index in [1.54, 1.807) is 0 Å². The number of anilines is 1. The number of hydrogen-bond donors (Lipinski definition) is 3. The molecule has 1 aliphatic carbocycles. The Kier molecular flexibility index (Phi) is 4.35. The van der Waals surface area contributed by atoms with E-state index in [0.29, 0.717) is 12.1 Å². The number of carboxylic acid groups (broad SMARTS) is 1. The van der Waals surface area contributed by atoms with Crippen LogP contribution in [0.3, 0.4) is 0 Å². The van der Waals surface area contributed by atoms with E-state index in [9.17, 15) is 22.8 Å². The standard InChI is InChI=1S/C13H13F3N2O3/c14-7-3-9(16)11(4-8(7)15)18-13(21)17-10(5-12(19)20)6-1-2-6/h3-4,6,10H,1-2,5H2,(H,19,20)(H2,17,18,21). The smallest absolute Gasteiger partial charge is 0.319 e. The van der Waals surface area contributed by atoms with Gasteiger partial charge in [0, 0.05) is 18.2 Å². The van der Waals surface area contributed by atoms with Crippen LogP contribution in [0.1, 0.15) is 19.3 Å². The van der Waals surface area contributed by atoms with Crippen molar-refractivity contribution >= 4 is 17.7 Å². The number of rotatable bonds is 5. The molecular formula is C13H13F3N2O3. The summed E-state index contributed by atoms with van der Waals surface area (Å²) in [7, 11) is 0. The van der Waals surface area contributed by atoms with Crippen molar-refractivity contribution in [2.75, 3.05) is 5.32 Å². The Hall–Kier alpha value is -2.25. The molecule has 21 heavy (non-hydrogen) atoms. The fourth-order valence-corrected chi connectivity index (χ4v) is 1.97. The second-order valence-corrected chi connectivity index (χ2v) is 4.89.